The molecular weight excluding hydrogens is 310 g/mol. The van der Waals surface area contributed by atoms with Crippen LogP contribution in [-0.4, -0.2) is 36.1 Å². The summed E-state index contributed by atoms with van der Waals surface area (Å²) in [4.78, 5) is 10.6. The minimum Gasteiger partial charge on any atom is -0.294 e. The molecule has 1 aromatic carbocycles. The first-order valence-electron chi connectivity index (χ1n) is 7.67. The van der Waals surface area contributed by atoms with Gasteiger partial charge in [0.2, 0.25) is 15.0 Å². The van der Waals surface area contributed by atoms with Gasteiger partial charge in [-0.1, -0.05) is 18.2 Å². The average molecular weight is 331 g/mol. The average Bonchev–Trinajstić information content (AvgIpc) is 2.50. The van der Waals surface area contributed by atoms with E-state index in [0.717, 1.165) is 43.6 Å². The summed E-state index contributed by atoms with van der Waals surface area (Å²) in [6, 6.07) is 6.39. The number of hydrogen-bond acceptors (Lipinski definition) is 5. The summed E-state index contributed by atoms with van der Waals surface area (Å²) in [5.41, 5.74) is 5.86. The monoisotopic (exact) mass is 331 g/mol. The van der Waals surface area contributed by atoms with Crippen molar-refractivity contribution in [2.75, 3.05) is 12.8 Å². The maximum atomic E-state index is 11.6. The number of fused-ring (bicyclic) bond motifs is 1. The number of aromatic nitrogens is 2. The molecule has 0 saturated carbocycles. The third-order valence-electron chi connectivity index (χ3n) is 4.43. The Labute approximate surface area is 137 Å². The summed E-state index contributed by atoms with van der Waals surface area (Å²) < 4.78 is 23.1. The van der Waals surface area contributed by atoms with E-state index in [1.165, 1.54) is 16.7 Å². The Bertz CT molecular complexity index is 847. The van der Waals surface area contributed by atoms with Crippen molar-refractivity contribution in [3.63, 3.8) is 0 Å². The van der Waals surface area contributed by atoms with E-state index in [9.17, 15) is 8.42 Å². The molecule has 0 N–H and O–H groups in total. The number of nitrogens with zero attached hydrogens (tertiary/aromatic N) is 3. The second-order valence-electron chi connectivity index (χ2n) is 6.22. The minimum atomic E-state index is -3.34. The van der Waals surface area contributed by atoms with Crippen LogP contribution < -0.4 is 0 Å². The summed E-state index contributed by atoms with van der Waals surface area (Å²) in [5.74, 6) is 0. The summed E-state index contributed by atoms with van der Waals surface area (Å²) >= 11 is 0. The molecule has 0 fully saturated rings. The lowest BCUT2D eigenvalue weighted by Gasteiger charge is -2.28. The Morgan fingerprint density at radius 2 is 2.04 bits per heavy atom. The van der Waals surface area contributed by atoms with Gasteiger partial charge < -0.3 is 0 Å². The molecule has 1 aliphatic heterocycles. The van der Waals surface area contributed by atoms with Gasteiger partial charge >= 0.3 is 0 Å². The Morgan fingerprint density at radius 1 is 1.26 bits per heavy atom. The first kappa shape index (κ1) is 16.1. The fraction of sp³-hybridized carbons (Fsp3) is 0.412. The molecule has 0 amide bonds. The second kappa shape index (κ2) is 6.02. The fourth-order valence-corrected chi connectivity index (χ4v) is 3.41. The molecule has 0 bridgehead atoms. The Morgan fingerprint density at radius 3 is 2.78 bits per heavy atom. The van der Waals surface area contributed by atoms with Gasteiger partial charge in [0.15, 0.2) is 0 Å². The molecule has 0 unspecified atom stereocenters. The van der Waals surface area contributed by atoms with Crippen molar-refractivity contribution in [1.29, 1.82) is 0 Å². The molecule has 2 aromatic rings. The Hall–Kier alpha value is -1.79. The van der Waals surface area contributed by atoms with Crippen molar-refractivity contribution >= 4 is 9.84 Å². The molecule has 0 radical (unpaired) electrons. The van der Waals surface area contributed by atoms with Crippen LogP contribution in [0.15, 0.2) is 29.6 Å². The van der Waals surface area contributed by atoms with Crippen LogP contribution in [0.3, 0.4) is 0 Å². The fourth-order valence-electron chi connectivity index (χ4n) is 2.89. The molecule has 6 heteroatoms. The van der Waals surface area contributed by atoms with Crippen LogP contribution in [0.25, 0.3) is 0 Å². The third kappa shape index (κ3) is 3.43. The first-order valence-corrected chi connectivity index (χ1v) is 9.56. The zero-order valence-corrected chi connectivity index (χ0v) is 14.5. The lowest BCUT2D eigenvalue weighted by atomic mass is 10.0. The quantitative estimate of drug-likeness (QED) is 0.806. The lowest BCUT2D eigenvalue weighted by molar-refractivity contribution is 0.241. The Balaban J connectivity index is 1.80. The number of rotatable bonds is 3. The highest BCUT2D eigenvalue weighted by Crippen LogP contribution is 2.21. The predicted octanol–water partition coefficient (Wildman–Crippen LogP) is 2.06. The van der Waals surface area contributed by atoms with E-state index >= 15 is 0 Å². The summed E-state index contributed by atoms with van der Waals surface area (Å²) in [7, 11) is -3.34. The van der Waals surface area contributed by atoms with Crippen molar-refractivity contribution in [2.24, 2.45) is 0 Å². The van der Waals surface area contributed by atoms with E-state index < -0.39 is 9.84 Å². The molecule has 0 saturated heterocycles. The van der Waals surface area contributed by atoms with Crippen molar-refractivity contribution < 1.29 is 8.42 Å². The summed E-state index contributed by atoms with van der Waals surface area (Å²) in [6.07, 6.45) is 3.56. The van der Waals surface area contributed by atoms with Gasteiger partial charge in [-0.3, -0.25) is 4.90 Å². The molecule has 2 heterocycles. The highest BCUT2D eigenvalue weighted by atomic mass is 32.2. The van der Waals surface area contributed by atoms with Crippen LogP contribution >= 0.6 is 0 Å². The second-order valence-corrected chi connectivity index (χ2v) is 8.13. The van der Waals surface area contributed by atoms with E-state index in [0.29, 0.717) is 0 Å². The first-order chi connectivity index (χ1) is 10.8. The van der Waals surface area contributed by atoms with Gasteiger partial charge in [-0.25, -0.2) is 18.4 Å². The zero-order chi connectivity index (χ0) is 16.6. The largest absolute Gasteiger partial charge is 0.294 e. The van der Waals surface area contributed by atoms with Gasteiger partial charge in [0.1, 0.15) is 0 Å². The molecule has 3 rings (SSSR count). The molecular formula is C17H21N3O2S. The van der Waals surface area contributed by atoms with Crippen LogP contribution in [0.2, 0.25) is 0 Å². The number of sulfone groups is 1. The lowest BCUT2D eigenvalue weighted by Crippen LogP contribution is -2.31. The van der Waals surface area contributed by atoms with E-state index in [1.807, 2.05) is 0 Å². The molecule has 122 valence electrons. The van der Waals surface area contributed by atoms with Crippen molar-refractivity contribution in [3.05, 3.63) is 52.3 Å². The van der Waals surface area contributed by atoms with Crippen molar-refractivity contribution in [1.82, 2.24) is 14.9 Å². The van der Waals surface area contributed by atoms with Crippen molar-refractivity contribution in [3.8, 4) is 0 Å². The highest BCUT2D eigenvalue weighted by Gasteiger charge is 2.21. The molecule has 5 nitrogen and oxygen atoms in total. The van der Waals surface area contributed by atoms with Gasteiger partial charge in [0, 0.05) is 44.1 Å². The van der Waals surface area contributed by atoms with Crippen molar-refractivity contribution in [2.45, 2.75) is 38.5 Å². The highest BCUT2D eigenvalue weighted by molar-refractivity contribution is 7.90. The molecule has 0 aliphatic carbocycles. The van der Waals surface area contributed by atoms with Crippen LogP contribution in [0, 0.1) is 13.8 Å². The minimum absolute atomic E-state index is 0.0702. The van der Waals surface area contributed by atoms with Gasteiger partial charge in [-0.05, 0) is 30.5 Å². The van der Waals surface area contributed by atoms with Crippen LogP contribution in [0.4, 0.5) is 0 Å². The van der Waals surface area contributed by atoms with E-state index in [2.05, 4.69) is 46.9 Å². The number of hydrogen-bond donors (Lipinski definition) is 0. The van der Waals surface area contributed by atoms with Gasteiger partial charge in [-0.15, -0.1) is 0 Å². The SMILES string of the molecule is Cc1cccc(CN2CCc3nc(S(C)(=O)=O)ncc3C2)c1C. The van der Waals surface area contributed by atoms with Crippen LogP contribution in [0.1, 0.15) is 27.9 Å². The van der Waals surface area contributed by atoms with Gasteiger partial charge in [-0.2, -0.15) is 0 Å². The molecule has 1 aliphatic rings. The van der Waals surface area contributed by atoms with Crippen LogP contribution in [-0.2, 0) is 29.3 Å². The topological polar surface area (TPSA) is 63.2 Å². The van der Waals surface area contributed by atoms with E-state index in [-0.39, 0.29) is 5.16 Å². The molecule has 0 spiro atoms. The molecule has 0 atom stereocenters. The summed E-state index contributed by atoms with van der Waals surface area (Å²) in [5, 5.41) is -0.0702. The summed E-state index contributed by atoms with van der Waals surface area (Å²) in [6.45, 7) is 6.81. The predicted molar refractivity (Wildman–Crippen MR) is 88.9 cm³/mol. The van der Waals surface area contributed by atoms with E-state index in [4.69, 9.17) is 0 Å². The van der Waals surface area contributed by atoms with E-state index in [1.54, 1.807) is 6.20 Å². The van der Waals surface area contributed by atoms with Crippen LogP contribution in [0.5, 0.6) is 0 Å². The smallest absolute Gasteiger partial charge is 0.246 e. The molecule has 23 heavy (non-hydrogen) atoms. The van der Waals surface area contributed by atoms with Gasteiger partial charge in [0.05, 0.1) is 5.69 Å². The normalized spacial score (nSPS) is 15.4. The standard InChI is InChI=1S/C17H21N3O2S/c1-12-5-4-6-14(13(12)2)10-20-8-7-16-15(11-20)9-18-17(19-16)23(3,21)22/h4-6,9H,7-8,10-11H2,1-3H3. The number of aryl methyl sites for hydroxylation is 1. The van der Waals surface area contributed by atoms with Gasteiger partial charge in [0.25, 0.3) is 0 Å². The maximum absolute atomic E-state index is 11.6. The Kier molecular flexibility index (Phi) is 4.21. The zero-order valence-electron chi connectivity index (χ0n) is 13.7. The number of benzene rings is 1. The molecule has 1 aromatic heterocycles. The third-order valence-corrected chi connectivity index (χ3v) is 5.29. The maximum Gasteiger partial charge on any atom is 0.246 e.